The van der Waals surface area contributed by atoms with Crippen LogP contribution in [0.25, 0.3) is 0 Å². The topological polar surface area (TPSA) is 30.5 Å². The van der Waals surface area contributed by atoms with Crippen LogP contribution in [0.15, 0.2) is 65.1 Å². The Labute approximate surface area is 182 Å². The fourth-order valence-electron chi connectivity index (χ4n) is 2.72. The molecule has 0 amide bonds. The molecule has 27 heavy (non-hydrogen) atoms. The minimum absolute atomic E-state index is 0.500. The number of hydrogen-bond donors (Lipinski definition) is 1. The Balaban J connectivity index is 1.72. The molecular weight excluding hydrogens is 517 g/mol. The number of nitrogens with one attached hydrogen (secondary N) is 1. The average Bonchev–Trinajstić information content (AvgIpc) is 2.67. The molecule has 3 rings (SSSR count). The van der Waals surface area contributed by atoms with Crippen LogP contribution in [0.5, 0.6) is 11.5 Å². The van der Waals surface area contributed by atoms with Crippen molar-refractivity contribution in [2.45, 2.75) is 20.1 Å². The lowest BCUT2D eigenvalue weighted by molar-refractivity contribution is 0.282. The Bertz CT molecular complexity index is 913. The van der Waals surface area contributed by atoms with E-state index in [1.165, 1.54) is 5.56 Å². The lowest BCUT2D eigenvalue weighted by Gasteiger charge is -2.16. The van der Waals surface area contributed by atoms with Crippen LogP contribution in [0.4, 0.5) is 5.69 Å². The molecule has 0 aromatic heterocycles. The first-order chi connectivity index (χ1) is 13.1. The van der Waals surface area contributed by atoms with Crippen LogP contribution in [0.3, 0.4) is 0 Å². The number of hydrogen-bond acceptors (Lipinski definition) is 3. The number of anilines is 1. The molecule has 0 aliphatic carbocycles. The third-order valence-electron chi connectivity index (χ3n) is 4.21. The van der Waals surface area contributed by atoms with Crippen LogP contribution in [0.2, 0.25) is 0 Å². The van der Waals surface area contributed by atoms with Crippen molar-refractivity contribution < 1.29 is 9.47 Å². The van der Waals surface area contributed by atoms with E-state index in [0.29, 0.717) is 6.61 Å². The highest BCUT2D eigenvalue weighted by Gasteiger charge is 2.12. The summed E-state index contributed by atoms with van der Waals surface area (Å²) < 4.78 is 13.7. The van der Waals surface area contributed by atoms with Crippen LogP contribution >= 0.6 is 38.5 Å². The predicted octanol–water partition coefficient (Wildman–Crippen LogP) is 6.56. The van der Waals surface area contributed by atoms with E-state index >= 15 is 0 Å². The highest BCUT2D eigenvalue weighted by atomic mass is 127. The van der Waals surface area contributed by atoms with Gasteiger partial charge in [0, 0.05) is 16.7 Å². The zero-order chi connectivity index (χ0) is 19.2. The van der Waals surface area contributed by atoms with Crippen molar-refractivity contribution in [3.8, 4) is 11.5 Å². The summed E-state index contributed by atoms with van der Waals surface area (Å²) in [5.74, 6) is 1.53. The summed E-state index contributed by atoms with van der Waals surface area (Å²) in [6, 6.07) is 20.6. The van der Waals surface area contributed by atoms with Crippen LogP contribution in [0.1, 0.15) is 16.7 Å². The molecular formula is C22H21BrINO2. The Morgan fingerprint density at radius 1 is 1.00 bits per heavy atom. The van der Waals surface area contributed by atoms with Gasteiger partial charge in [0.05, 0.1) is 10.7 Å². The molecule has 0 aliphatic rings. The second-order valence-corrected chi connectivity index (χ2v) is 8.27. The fraction of sp³-hybridized carbons (Fsp3) is 0.182. The lowest BCUT2D eigenvalue weighted by atomic mass is 10.1. The molecule has 0 unspecified atom stereocenters. The molecule has 0 radical (unpaired) electrons. The van der Waals surface area contributed by atoms with Crippen molar-refractivity contribution in [2.75, 3.05) is 12.4 Å². The first-order valence-electron chi connectivity index (χ1n) is 8.60. The smallest absolute Gasteiger partial charge is 0.174 e. The molecule has 0 aliphatic heterocycles. The molecule has 0 spiro atoms. The van der Waals surface area contributed by atoms with Gasteiger partial charge in [-0.05, 0) is 76.5 Å². The molecule has 3 aromatic rings. The quantitative estimate of drug-likeness (QED) is 0.346. The minimum atomic E-state index is 0.500. The van der Waals surface area contributed by atoms with Crippen LogP contribution in [-0.2, 0) is 13.2 Å². The summed E-state index contributed by atoms with van der Waals surface area (Å²) in [5, 5.41) is 3.49. The van der Waals surface area contributed by atoms with Gasteiger partial charge in [-0.1, -0.05) is 46.3 Å². The van der Waals surface area contributed by atoms with Gasteiger partial charge in [0.1, 0.15) is 6.61 Å². The van der Waals surface area contributed by atoms with E-state index in [4.69, 9.17) is 9.47 Å². The van der Waals surface area contributed by atoms with Crippen molar-refractivity contribution in [2.24, 2.45) is 0 Å². The number of halogens is 2. The van der Waals surface area contributed by atoms with E-state index in [9.17, 15) is 0 Å². The molecule has 3 nitrogen and oxygen atoms in total. The highest BCUT2D eigenvalue weighted by molar-refractivity contribution is 14.1. The maximum atomic E-state index is 6.05. The van der Waals surface area contributed by atoms with Crippen LogP contribution < -0.4 is 14.8 Å². The molecule has 0 heterocycles. The molecule has 0 fully saturated rings. The molecule has 0 saturated heterocycles. The van der Waals surface area contributed by atoms with Crippen molar-refractivity contribution in [3.63, 3.8) is 0 Å². The van der Waals surface area contributed by atoms with Gasteiger partial charge in [-0.3, -0.25) is 0 Å². The molecule has 0 saturated carbocycles. The zero-order valence-corrected chi connectivity index (χ0v) is 19.0. The first kappa shape index (κ1) is 20.0. The molecule has 1 N–H and O–H groups in total. The highest BCUT2D eigenvalue weighted by Crippen LogP contribution is 2.35. The Morgan fingerprint density at radius 3 is 2.44 bits per heavy atom. The van der Waals surface area contributed by atoms with E-state index < -0.39 is 0 Å². The number of rotatable bonds is 7. The van der Waals surface area contributed by atoms with Gasteiger partial charge in [0.15, 0.2) is 11.5 Å². The summed E-state index contributed by atoms with van der Waals surface area (Å²) in [7, 11) is 1.68. The number of aryl methyl sites for hydroxylation is 1. The molecule has 5 heteroatoms. The number of ether oxygens (including phenoxy) is 2. The standard InChI is InChI=1S/C22H21BrINO2/c1-15-5-3-4-6-20(15)25-13-17-11-19(24)22(21(12-17)26-2)27-14-16-7-9-18(23)10-8-16/h3-12,25H,13-14H2,1-2H3. The SMILES string of the molecule is COc1cc(CNc2ccccc2C)cc(I)c1OCc1ccc(Br)cc1. The van der Waals surface area contributed by atoms with E-state index in [-0.39, 0.29) is 0 Å². The normalized spacial score (nSPS) is 10.5. The summed E-state index contributed by atoms with van der Waals surface area (Å²) in [6.07, 6.45) is 0. The van der Waals surface area contributed by atoms with E-state index in [1.807, 2.05) is 42.5 Å². The van der Waals surface area contributed by atoms with Gasteiger partial charge in [-0.25, -0.2) is 0 Å². The average molecular weight is 538 g/mol. The fourth-order valence-corrected chi connectivity index (χ4v) is 3.81. The summed E-state index contributed by atoms with van der Waals surface area (Å²) >= 11 is 5.76. The first-order valence-corrected chi connectivity index (χ1v) is 10.5. The zero-order valence-electron chi connectivity index (χ0n) is 15.3. The van der Waals surface area contributed by atoms with Crippen molar-refractivity contribution in [1.29, 1.82) is 0 Å². The summed E-state index contributed by atoms with van der Waals surface area (Å²) in [5.41, 5.74) is 4.63. The van der Waals surface area contributed by atoms with Gasteiger partial charge in [-0.2, -0.15) is 0 Å². The largest absolute Gasteiger partial charge is 0.493 e. The summed E-state index contributed by atoms with van der Waals surface area (Å²) in [6.45, 7) is 3.33. The van der Waals surface area contributed by atoms with Crippen LogP contribution in [-0.4, -0.2) is 7.11 Å². The monoisotopic (exact) mass is 537 g/mol. The Morgan fingerprint density at radius 2 is 1.74 bits per heavy atom. The molecule has 0 bridgehead atoms. The number of para-hydroxylation sites is 1. The predicted molar refractivity (Wildman–Crippen MR) is 123 cm³/mol. The lowest BCUT2D eigenvalue weighted by Crippen LogP contribution is -2.04. The third-order valence-corrected chi connectivity index (χ3v) is 5.54. The van der Waals surface area contributed by atoms with Gasteiger partial charge in [0.2, 0.25) is 0 Å². The second-order valence-electron chi connectivity index (χ2n) is 6.19. The molecule has 140 valence electrons. The number of methoxy groups -OCH3 is 1. The van der Waals surface area contributed by atoms with Crippen molar-refractivity contribution >= 4 is 44.2 Å². The molecule has 3 aromatic carbocycles. The molecule has 0 atom stereocenters. The Kier molecular flexibility index (Phi) is 7.01. The third kappa shape index (κ3) is 5.39. The second kappa shape index (κ2) is 9.46. The van der Waals surface area contributed by atoms with Gasteiger partial charge < -0.3 is 14.8 Å². The van der Waals surface area contributed by atoms with Gasteiger partial charge in [0.25, 0.3) is 0 Å². The summed E-state index contributed by atoms with van der Waals surface area (Å²) in [4.78, 5) is 0. The Hall–Kier alpha value is -1.73. The van der Waals surface area contributed by atoms with Crippen LogP contribution in [0, 0.1) is 10.5 Å². The van der Waals surface area contributed by atoms with Crippen molar-refractivity contribution in [3.05, 3.63) is 85.4 Å². The van der Waals surface area contributed by atoms with Gasteiger partial charge in [-0.15, -0.1) is 0 Å². The van der Waals surface area contributed by atoms with E-state index in [1.54, 1.807) is 7.11 Å². The van der Waals surface area contributed by atoms with E-state index in [2.05, 4.69) is 69.0 Å². The number of benzene rings is 3. The maximum Gasteiger partial charge on any atom is 0.174 e. The minimum Gasteiger partial charge on any atom is -0.493 e. The van der Waals surface area contributed by atoms with Crippen molar-refractivity contribution in [1.82, 2.24) is 0 Å². The van der Waals surface area contributed by atoms with Gasteiger partial charge >= 0.3 is 0 Å². The maximum absolute atomic E-state index is 6.05. The van der Waals surface area contributed by atoms with E-state index in [0.717, 1.165) is 42.9 Å².